The maximum atomic E-state index is 4.55. The fourth-order valence-electron chi connectivity index (χ4n) is 4.33. The first-order chi connectivity index (χ1) is 10.5. The Kier molecular flexibility index (Phi) is 6.13. The van der Waals surface area contributed by atoms with Gasteiger partial charge in [-0.05, 0) is 44.7 Å². The molecule has 22 heavy (non-hydrogen) atoms. The van der Waals surface area contributed by atoms with E-state index in [1.54, 1.807) is 0 Å². The topological polar surface area (TPSA) is 30.9 Å². The SMILES string of the molecule is CCC(CC)C(CNC(=NC)N1CCC2(CCC2)C1)N(C)C. The fraction of sp³-hybridized carbons (Fsp3) is 0.944. The van der Waals surface area contributed by atoms with Crippen molar-refractivity contribution in [3.63, 3.8) is 0 Å². The van der Waals surface area contributed by atoms with Crippen LogP contribution in [0.25, 0.3) is 0 Å². The van der Waals surface area contributed by atoms with Gasteiger partial charge in [0, 0.05) is 32.7 Å². The number of nitrogens with zero attached hydrogens (tertiary/aromatic N) is 3. The van der Waals surface area contributed by atoms with Crippen molar-refractivity contribution in [3.05, 3.63) is 0 Å². The Morgan fingerprint density at radius 2 is 1.91 bits per heavy atom. The largest absolute Gasteiger partial charge is 0.355 e. The van der Waals surface area contributed by atoms with Crippen molar-refractivity contribution in [2.24, 2.45) is 16.3 Å². The molecule has 1 atom stereocenters. The van der Waals surface area contributed by atoms with E-state index in [2.05, 4.69) is 48.1 Å². The fourth-order valence-corrected chi connectivity index (χ4v) is 4.33. The van der Waals surface area contributed by atoms with Gasteiger partial charge in [-0.1, -0.05) is 33.1 Å². The van der Waals surface area contributed by atoms with Gasteiger partial charge in [-0.2, -0.15) is 0 Å². The van der Waals surface area contributed by atoms with Crippen LogP contribution in [0.5, 0.6) is 0 Å². The van der Waals surface area contributed by atoms with Gasteiger partial charge in [0.1, 0.15) is 0 Å². The Bertz CT molecular complexity index is 369. The number of likely N-dealkylation sites (tertiary alicyclic amines) is 1. The van der Waals surface area contributed by atoms with E-state index in [0.717, 1.165) is 18.4 Å². The summed E-state index contributed by atoms with van der Waals surface area (Å²) in [6.45, 7) is 8.00. The molecule has 0 bridgehead atoms. The smallest absolute Gasteiger partial charge is 0.193 e. The van der Waals surface area contributed by atoms with Crippen LogP contribution in [0, 0.1) is 11.3 Å². The zero-order valence-corrected chi connectivity index (χ0v) is 15.4. The third-order valence-electron chi connectivity index (χ3n) is 6.09. The lowest BCUT2D eigenvalue weighted by Gasteiger charge is -2.38. The van der Waals surface area contributed by atoms with E-state index in [9.17, 15) is 0 Å². The van der Waals surface area contributed by atoms with E-state index in [1.807, 2.05) is 7.05 Å². The summed E-state index contributed by atoms with van der Waals surface area (Å²) >= 11 is 0. The Labute approximate surface area is 137 Å². The molecule has 1 N–H and O–H groups in total. The minimum atomic E-state index is 0.576. The molecule has 0 aromatic heterocycles. The number of nitrogens with one attached hydrogen (secondary N) is 1. The summed E-state index contributed by atoms with van der Waals surface area (Å²) in [6, 6.07) is 0.576. The highest BCUT2D eigenvalue weighted by atomic mass is 15.3. The second-order valence-corrected chi connectivity index (χ2v) is 7.56. The first kappa shape index (κ1) is 17.6. The molecule has 2 aliphatic rings. The molecule has 1 saturated heterocycles. The molecule has 1 unspecified atom stereocenters. The van der Waals surface area contributed by atoms with Crippen LogP contribution in [-0.4, -0.2) is 62.6 Å². The second-order valence-electron chi connectivity index (χ2n) is 7.56. The summed E-state index contributed by atoms with van der Waals surface area (Å²) in [5.41, 5.74) is 0.633. The normalized spacial score (nSPS) is 22.5. The minimum absolute atomic E-state index is 0.576. The molecule has 128 valence electrons. The zero-order chi connectivity index (χ0) is 16.2. The number of aliphatic imine (C=N–C) groups is 1. The molecule has 0 aromatic rings. The molecule has 1 heterocycles. The monoisotopic (exact) mass is 308 g/mol. The van der Waals surface area contributed by atoms with E-state index >= 15 is 0 Å². The van der Waals surface area contributed by atoms with Gasteiger partial charge in [0.25, 0.3) is 0 Å². The van der Waals surface area contributed by atoms with Crippen molar-refractivity contribution in [1.29, 1.82) is 0 Å². The molecule has 2 rings (SSSR count). The summed E-state index contributed by atoms with van der Waals surface area (Å²) in [4.78, 5) is 9.40. The standard InChI is InChI=1S/C18H36N4/c1-6-15(7-2)16(21(4)5)13-20-17(19-3)22-12-11-18(14-22)9-8-10-18/h15-16H,6-14H2,1-5H3,(H,19,20). The summed E-state index contributed by atoms with van der Waals surface area (Å²) in [5, 5.41) is 3.66. The summed E-state index contributed by atoms with van der Waals surface area (Å²) in [7, 11) is 6.33. The van der Waals surface area contributed by atoms with Crippen molar-refractivity contribution < 1.29 is 0 Å². The highest BCUT2D eigenvalue weighted by Crippen LogP contribution is 2.47. The number of rotatable bonds is 6. The van der Waals surface area contributed by atoms with Gasteiger partial charge < -0.3 is 15.1 Å². The Morgan fingerprint density at radius 3 is 2.32 bits per heavy atom. The van der Waals surface area contributed by atoms with Crippen LogP contribution >= 0.6 is 0 Å². The number of likely N-dealkylation sites (N-methyl/N-ethyl adjacent to an activating group) is 1. The lowest BCUT2D eigenvalue weighted by atomic mass is 9.68. The molecule has 1 aliphatic carbocycles. The zero-order valence-electron chi connectivity index (χ0n) is 15.4. The molecule has 0 radical (unpaired) electrons. The first-order valence-electron chi connectivity index (χ1n) is 9.17. The molecule has 1 spiro atoms. The average molecular weight is 309 g/mol. The van der Waals surface area contributed by atoms with E-state index in [0.29, 0.717) is 11.5 Å². The van der Waals surface area contributed by atoms with Crippen LogP contribution in [-0.2, 0) is 0 Å². The van der Waals surface area contributed by atoms with Gasteiger partial charge in [0.05, 0.1) is 0 Å². The molecule has 0 amide bonds. The van der Waals surface area contributed by atoms with Crippen molar-refractivity contribution in [3.8, 4) is 0 Å². The van der Waals surface area contributed by atoms with Crippen LogP contribution in [0.4, 0.5) is 0 Å². The lowest BCUT2D eigenvalue weighted by Crippen LogP contribution is -2.49. The molecule has 2 fully saturated rings. The predicted molar refractivity (Wildman–Crippen MR) is 95.4 cm³/mol. The van der Waals surface area contributed by atoms with Crippen LogP contribution in [0.2, 0.25) is 0 Å². The Balaban J connectivity index is 1.90. The lowest BCUT2D eigenvalue weighted by molar-refractivity contribution is 0.151. The van der Waals surface area contributed by atoms with E-state index in [-0.39, 0.29) is 0 Å². The van der Waals surface area contributed by atoms with Gasteiger partial charge in [-0.15, -0.1) is 0 Å². The number of guanidine groups is 1. The maximum Gasteiger partial charge on any atom is 0.193 e. The van der Waals surface area contributed by atoms with E-state index in [1.165, 1.54) is 51.6 Å². The van der Waals surface area contributed by atoms with Crippen molar-refractivity contribution >= 4 is 5.96 Å². The van der Waals surface area contributed by atoms with Crippen LogP contribution < -0.4 is 5.32 Å². The molecule has 4 heteroatoms. The summed E-state index contributed by atoms with van der Waals surface area (Å²) in [5.74, 6) is 1.86. The quantitative estimate of drug-likeness (QED) is 0.605. The van der Waals surface area contributed by atoms with Crippen molar-refractivity contribution in [2.75, 3.05) is 40.8 Å². The maximum absolute atomic E-state index is 4.55. The van der Waals surface area contributed by atoms with Crippen LogP contribution in [0.3, 0.4) is 0 Å². The van der Waals surface area contributed by atoms with Gasteiger partial charge in [-0.3, -0.25) is 4.99 Å². The molecule has 1 aliphatic heterocycles. The third-order valence-corrected chi connectivity index (χ3v) is 6.09. The number of hydrogen-bond donors (Lipinski definition) is 1. The molecule has 4 nitrogen and oxygen atoms in total. The number of hydrogen-bond acceptors (Lipinski definition) is 2. The Hall–Kier alpha value is -0.770. The average Bonchev–Trinajstić information content (AvgIpc) is 2.92. The minimum Gasteiger partial charge on any atom is -0.355 e. The highest BCUT2D eigenvalue weighted by Gasteiger charge is 2.43. The second kappa shape index (κ2) is 7.67. The Morgan fingerprint density at radius 1 is 1.23 bits per heavy atom. The third kappa shape index (κ3) is 3.76. The summed E-state index contributed by atoms with van der Waals surface area (Å²) < 4.78 is 0. The van der Waals surface area contributed by atoms with Gasteiger partial charge in [0.2, 0.25) is 0 Å². The van der Waals surface area contributed by atoms with Gasteiger partial charge in [-0.25, -0.2) is 0 Å². The molecular weight excluding hydrogens is 272 g/mol. The molecule has 0 aromatic carbocycles. The van der Waals surface area contributed by atoms with Crippen molar-refractivity contribution in [2.45, 2.75) is 58.4 Å². The van der Waals surface area contributed by atoms with Crippen LogP contribution in [0.15, 0.2) is 4.99 Å². The van der Waals surface area contributed by atoms with Crippen molar-refractivity contribution in [1.82, 2.24) is 15.1 Å². The van der Waals surface area contributed by atoms with E-state index in [4.69, 9.17) is 0 Å². The highest BCUT2D eigenvalue weighted by molar-refractivity contribution is 5.80. The van der Waals surface area contributed by atoms with E-state index < -0.39 is 0 Å². The first-order valence-corrected chi connectivity index (χ1v) is 9.17. The van der Waals surface area contributed by atoms with Gasteiger partial charge in [0.15, 0.2) is 5.96 Å². The van der Waals surface area contributed by atoms with Crippen LogP contribution in [0.1, 0.15) is 52.4 Å². The predicted octanol–water partition coefficient (Wildman–Crippen LogP) is 2.80. The van der Waals surface area contributed by atoms with Gasteiger partial charge >= 0.3 is 0 Å². The summed E-state index contributed by atoms with van der Waals surface area (Å²) in [6.07, 6.45) is 8.12. The molecule has 1 saturated carbocycles. The molecular formula is C18H36N4.